The molecular weight excluding hydrogens is 567 g/mol. The van der Waals surface area contributed by atoms with Gasteiger partial charge in [-0.2, -0.15) is 0 Å². The van der Waals surface area contributed by atoms with Gasteiger partial charge in [-0.05, 0) is 81.2 Å². The standard InChI is InChI=1S/C31H34Cl2N2O6/c1-3-40-30(38)21-13-15-22(16-14-21)41-31(39)26(18-20-10-6-4-7-11-20)35-29(37)24-19-25(32)23(27(33)28(24)36)12-8-5-9-17-34-2/h4,6-7,10-11,13-16,19,26,34,36H,3,5,8-9,12,17-18H2,1-2H3,(H,35,37)/t26-/m0/s1. The molecule has 0 unspecified atom stereocenters. The van der Waals surface area contributed by atoms with E-state index in [1.807, 2.05) is 37.4 Å². The summed E-state index contributed by atoms with van der Waals surface area (Å²) in [5.41, 5.74) is 1.51. The number of aromatic hydroxyl groups is 1. The number of unbranched alkanes of at least 4 members (excludes halogenated alkanes) is 2. The maximum Gasteiger partial charge on any atom is 0.338 e. The molecule has 0 spiro atoms. The Hall–Kier alpha value is -3.59. The maximum absolute atomic E-state index is 13.3. The van der Waals surface area contributed by atoms with Gasteiger partial charge in [0.2, 0.25) is 0 Å². The van der Waals surface area contributed by atoms with Crippen molar-refractivity contribution in [2.75, 3.05) is 20.2 Å². The van der Waals surface area contributed by atoms with E-state index in [4.69, 9.17) is 32.7 Å². The molecule has 0 bridgehead atoms. The molecule has 218 valence electrons. The minimum atomic E-state index is -1.11. The van der Waals surface area contributed by atoms with Crippen LogP contribution in [0, 0.1) is 0 Å². The third-order valence-electron chi connectivity index (χ3n) is 6.34. The van der Waals surface area contributed by atoms with Gasteiger partial charge in [0.25, 0.3) is 5.91 Å². The first-order valence-electron chi connectivity index (χ1n) is 13.4. The molecule has 3 rings (SSSR count). The predicted octanol–water partition coefficient (Wildman–Crippen LogP) is 5.75. The van der Waals surface area contributed by atoms with Crippen molar-refractivity contribution in [3.05, 3.63) is 93.0 Å². The molecule has 0 saturated heterocycles. The van der Waals surface area contributed by atoms with E-state index in [1.54, 1.807) is 6.92 Å². The third kappa shape index (κ3) is 9.21. The highest BCUT2D eigenvalue weighted by Gasteiger charge is 2.27. The number of phenols is 1. The highest BCUT2D eigenvalue weighted by molar-refractivity contribution is 6.37. The summed E-state index contributed by atoms with van der Waals surface area (Å²) in [4.78, 5) is 38.4. The molecule has 0 aliphatic carbocycles. The van der Waals surface area contributed by atoms with Crippen molar-refractivity contribution < 1.29 is 29.0 Å². The molecule has 41 heavy (non-hydrogen) atoms. The average Bonchev–Trinajstić information content (AvgIpc) is 2.97. The molecule has 1 atom stereocenters. The van der Waals surface area contributed by atoms with Gasteiger partial charge in [0.1, 0.15) is 17.5 Å². The van der Waals surface area contributed by atoms with Crippen molar-refractivity contribution in [1.82, 2.24) is 10.6 Å². The lowest BCUT2D eigenvalue weighted by Gasteiger charge is -2.19. The van der Waals surface area contributed by atoms with Crippen LogP contribution in [0.3, 0.4) is 0 Å². The zero-order valence-corrected chi connectivity index (χ0v) is 24.6. The minimum Gasteiger partial charge on any atom is -0.506 e. The van der Waals surface area contributed by atoms with Gasteiger partial charge in [-0.15, -0.1) is 0 Å². The molecule has 1 amide bonds. The van der Waals surface area contributed by atoms with Crippen molar-refractivity contribution in [2.45, 2.75) is 45.1 Å². The summed E-state index contributed by atoms with van der Waals surface area (Å²) in [5, 5.41) is 16.8. The summed E-state index contributed by atoms with van der Waals surface area (Å²) >= 11 is 12.9. The Labute approximate surface area is 250 Å². The fraction of sp³-hybridized carbons (Fsp3) is 0.323. The van der Waals surface area contributed by atoms with E-state index >= 15 is 0 Å². The molecule has 3 aromatic rings. The molecule has 3 N–H and O–H groups in total. The molecule has 3 aromatic carbocycles. The van der Waals surface area contributed by atoms with E-state index in [0.717, 1.165) is 31.4 Å². The lowest BCUT2D eigenvalue weighted by atomic mass is 10.0. The molecular formula is C31H34Cl2N2O6. The summed E-state index contributed by atoms with van der Waals surface area (Å²) in [6.07, 6.45) is 3.43. The number of hydrogen-bond donors (Lipinski definition) is 3. The number of halogens is 2. The van der Waals surface area contributed by atoms with E-state index in [9.17, 15) is 19.5 Å². The Bertz CT molecular complexity index is 1330. The summed E-state index contributed by atoms with van der Waals surface area (Å²) in [5.74, 6) is -2.18. The number of nitrogens with one attached hydrogen (secondary N) is 2. The molecule has 0 radical (unpaired) electrons. The van der Waals surface area contributed by atoms with Gasteiger partial charge in [0.15, 0.2) is 0 Å². The maximum atomic E-state index is 13.3. The zero-order chi connectivity index (χ0) is 29.8. The molecule has 0 aliphatic rings. The fourth-order valence-electron chi connectivity index (χ4n) is 4.17. The number of esters is 2. The number of benzene rings is 3. The van der Waals surface area contributed by atoms with E-state index in [-0.39, 0.29) is 34.4 Å². The minimum absolute atomic E-state index is 0.0140. The van der Waals surface area contributed by atoms with Crippen LogP contribution in [0.1, 0.15) is 58.0 Å². The van der Waals surface area contributed by atoms with Crippen LogP contribution < -0.4 is 15.4 Å². The summed E-state index contributed by atoms with van der Waals surface area (Å²) in [6, 6.07) is 15.2. The number of amides is 1. The van der Waals surface area contributed by atoms with Gasteiger partial charge in [-0.25, -0.2) is 9.59 Å². The highest BCUT2D eigenvalue weighted by atomic mass is 35.5. The van der Waals surface area contributed by atoms with E-state index in [0.29, 0.717) is 17.5 Å². The number of ether oxygens (including phenoxy) is 2. The van der Waals surface area contributed by atoms with Crippen LogP contribution in [0.15, 0.2) is 60.7 Å². The van der Waals surface area contributed by atoms with Crippen molar-refractivity contribution in [2.24, 2.45) is 0 Å². The van der Waals surface area contributed by atoms with Crippen LogP contribution in [0.4, 0.5) is 0 Å². The normalized spacial score (nSPS) is 11.5. The van der Waals surface area contributed by atoms with Crippen molar-refractivity contribution >= 4 is 41.0 Å². The van der Waals surface area contributed by atoms with Crippen molar-refractivity contribution in [3.8, 4) is 11.5 Å². The van der Waals surface area contributed by atoms with Crippen LogP contribution in [0.5, 0.6) is 11.5 Å². The topological polar surface area (TPSA) is 114 Å². The van der Waals surface area contributed by atoms with Crippen LogP contribution in [-0.2, 0) is 22.4 Å². The smallest absolute Gasteiger partial charge is 0.338 e. The first-order chi connectivity index (χ1) is 19.7. The largest absolute Gasteiger partial charge is 0.506 e. The molecule has 0 aliphatic heterocycles. The second-order valence-electron chi connectivity index (χ2n) is 9.34. The number of phenolic OH excluding ortho intramolecular Hbond substituents is 1. The number of rotatable bonds is 14. The number of carbonyl (C=O) groups is 3. The molecule has 10 heteroatoms. The van der Waals surface area contributed by atoms with Gasteiger partial charge in [-0.1, -0.05) is 60.0 Å². The Kier molecular flexibility index (Phi) is 12.5. The van der Waals surface area contributed by atoms with Gasteiger partial charge < -0.3 is 25.2 Å². The van der Waals surface area contributed by atoms with Gasteiger partial charge in [0.05, 0.1) is 22.8 Å². The number of carbonyl (C=O) groups excluding carboxylic acids is 3. The number of hydrogen-bond acceptors (Lipinski definition) is 7. The molecule has 8 nitrogen and oxygen atoms in total. The van der Waals surface area contributed by atoms with Gasteiger partial charge in [0, 0.05) is 11.4 Å². The molecule has 0 aromatic heterocycles. The van der Waals surface area contributed by atoms with E-state index in [2.05, 4.69) is 10.6 Å². The summed E-state index contributed by atoms with van der Waals surface area (Å²) < 4.78 is 10.5. The molecule has 0 fully saturated rings. The third-order valence-corrected chi connectivity index (χ3v) is 7.09. The SMILES string of the molecule is CCOC(=O)c1ccc(OC(=O)[C@H](Cc2ccccc2)NC(=O)c2cc(Cl)c(CCCCCNC)c(Cl)c2O)cc1. The van der Waals surface area contributed by atoms with Crippen molar-refractivity contribution in [3.63, 3.8) is 0 Å². The van der Waals surface area contributed by atoms with Gasteiger partial charge in [-0.3, -0.25) is 4.79 Å². The monoisotopic (exact) mass is 600 g/mol. The Morgan fingerprint density at radius 3 is 2.34 bits per heavy atom. The fourth-order valence-corrected chi connectivity index (χ4v) is 4.82. The van der Waals surface area contributed by atoms with Crippen LogP contribution >= 0.6 is 23.2 Å². The van der Waals surface area contributed by atoms with E-state index in [1.165, 1.54) is 30.3 Å². The highest BCUT2D eigenvalue weighted by Crippen LogP contribution is 2.37. The Morgan fingerprint density at radius 1 is 0.976 bits per heavy atom. The van der Waals surface area contributed by atoms with Crippen molar-refractivity contribution in [1.29, 1.82) is 0 Å². The van der Waals surface area contributed by atoms with Crippen LogP contribution in [0.2, 0.25) is 10.0 Å². The molecule has 0 heterocycles. The van der Waals surface area contributed by atoms with Gasteiger partial charge >= 0.3 is 11.9 Å². The first-order valence-corrected chi connectivity index (χ1v) is 14.2. The Balaban J connectivity index is 1.78. The second-order valence-corrected chi connectivity index (χ2v) is 10.1. The summed E-state index contributed by atoms with van der Waals surface area (Å²) in [6.45, 7) is 2.85. The Morgan fingerprint density at radius 2 is 1.68 bits per heavy atom. The zero-order valence-electron chi connectivity index (χ0n) is 23.0. The summed E-state index contributed by atoms with van der Waals surface area (Å²) in [7, 11) is 1.89. The average molecular weight is 602 g/mol. The first kappa shape index (κ1) is 31.9. The van der Waals surface area contributed by atoms with Crippen LogP contribution in [-0.4, -0.2) is 49.2 Å². The predicted molar refractivity (Wildman–Crippen MR) is 159 cm³/mol. The lowest BCUT2D eigenvalue weighted by Crippen LogP contribution is -2.44. The molecule has 0 saturated carbocycles. The van der Waals surface area contributed by atoms with Crippen LogP contribution in [0.25, 0.3) is 0 Å². The quantitative estimate of drug-likeness (QED) is 0.122. The second kappa shape index (κ2) is 16.0. The lowest BCUT2D eigenvalue weighted by molar-refractivity contribution is -0.136. The van der Waals surface area contributed by atoms with E-state index < -0.39 is 29.6 Å².